The highest BCUT2D eigenvalue weighted by atomic mass is 127. The lowest BCUT2D eigenvalue weighted by molar-refractivity contribution is -0.176. The van der Waals surface area contributed by atoms with Gasteiger partial charge in [-0.1, -0.05) is 24.3 Å². The summed E-state index contributed by atoms with van der Waals surface area (Å²) >= 11 is 1.77. The van der Waals surface area contributed by atoms with Gasteiger partial charge in [0.25, 0.3) is 0 Å². The van der Waals surface area contributed by atoms with Crippen LogP contribution >= 0.6 is 35.3 Å². The van der Waals surface area contributed by atoms with Gasteiger partial charge in [0, 0.05) is 32.7 Å². The van der Waals surface area contributed by atoms with Gasteiger partial charge in [-0.2, -0.15) is 13.2 Å². The normalized spacial score (nSPS) is 15.5. The first-order valence-electron chi connectivity index (χ1n) is 9.91. The van der Waals surface area contributed by atoms with Crippen LogP contribution in [0.25, 0.3) is 0 Å². The van der Waals surface area contributed by atoms with E-state index in [4.69, 9.17) is 0 Å². The van der Waals surface area contributed by atoms with Crippen LogP contribution in [0.1, 0.15) is 24.0 Å². The minimum atomic E-state index is -4.30. The van der Waals surface area contributed by atoms with Gasteiger partial charge in [-0.15, -0.1) is 35.3 Å². The van der Waals surface area contributed by atoms with Gasteiger partial charge >= 0.3 is 6.18 Å². The SMILES string of the molecule is CN=C(NCc1ccc(COCC(F)(F)F)cc1)NC1CCN(c2cccs2)CC1.I. The van der Waals surface area contributed by atoms with Crippen molar-refractivity contribution in [3.8, 4) is 0 Å². The van der Waals surface area contributed by atoms with Crippen molar-refractivity contribution in [1.29, 1.82) is 0 Å². The van der Waals surface area contributed by atoms with Crippen LogP contribution in [-0.2, 0) is 17.9 Å². The van der Waals surface area contributed by atoms with E-state index in [1.807, 2.05) is 12.1 Å². The van der Waals surface area contributed by atoms with Crippen molar-refractivity contribution in [3.05, 3.63) is 52.9 Å². The Labute approximate surface area is 202 Å². The molecule has 0 bridgehead atoms. The molecule has 10 heteroatoms. The van der Waals surface area contributed by atoms with E-state index in [1.165, 1.54) is 5.00 Å². The Morgan fingerprint density at radius 3 is 2.42 bits per heavy atom. The zero-order chi connectivity index (χ0) is 21.4. The summed E-state index contributed by atoms with van der Waals surface area (Å²) < 4.78 is 41.1. The van der Waals surface area contributed by atoms with Crippen molar-refractivity contribution in [2.24, 2.45) is 4.99 Å². The summed E-state index contributed by atoms with van der Waals surface area (Å²) in [7, 11) is 1.75. The Balaban J connectivity index is 0.00000341. The van der Waals surface area contributed by atoms with Crippen LogP contribution in [0.15, 0.2) is 46.8 Å². The van der Waals surface area contributed by atoms with Crippen LogP contribution in [-0.4, -0.2) is 44.9 Å². The van der Waals surface area contributed by atoms with E-state index >= 15 is 0 Å². The predicted molar refractivity (Wildman–Crippen MR) is 130 cm³/mol. The van der Waals surface area contributed by atoms with Crippen molar-refractivity contribution in [3.63, 3.8) is 0 Å². The molecule has 0 saturated carbocycles. The van der Waals surface area contributed by atoms with E-state index < -0.39 is 12.8 Å². The zero-order valence-corrected chi connectivity index (χ0v) is 20.5. The Morgan fingerprint density at radius 1 is 1.16 bits per heavy atom. The molecule has 0 atom stereocenters. The van der Waals surface area contributed by atoms with Gasteiger partial charge in [-0.05, 0) is 41.5 Å². The Bertz CT molecular complexity index is 792. The monoisotopic (exact) mass is 568 g/mol. The molecule has 3 rings (SSSR count). The number of guanidine groups is 1. The Hall–Kier alpha value is -1.53. The van der Waals surface area contributed by atoms with Crippen LogP contribution in [0.5, 0.6) is 0 Å². The molecule has 2 heterocycles. The van der Waals surface area contributed by atoms with E-state index in [9.17, 15) is 13.2 Å². The fourth-order valence-corrected chi connectivity index (χ4v) is 4.09. The number of nitrogens with one attached hydrogen (secondary N) is 2. The van der Waals surface area contributed by atoms with Gasteiger partial charge in [0.1, 0.15) is 6.61 Å². The summed E-state index contributed by atoms with van der Waals surface area (Å²) in [5, 5.41) is 10.2. The standard InChI is InChI=1S/C21H27F3N4OS.HI/c1-25-20(27-18-8-10-28(11-9-18)19-3-2-12-30-19)26-13-16-4-6-17(7-5-16)14-29-15-21(22,23)24;/h2-7,12,18H,8-11,13-15H2,1H3,(H2,25,26,27);1H. The highest BCUT2D eigenvalue weighted by molar-refractivity contribution is 14.0. The molecule has 0 unspecified atom stereocenters. The van der Waals surface area contributed by atoms with Gasteiger partial charge in [-0.25, -0.2) is 0 Å². The number of benzene rings is 1. The van der Waals surface area contributed by atoms with Gasteiger partial charge in [0.2, 0.25) is 0 Å². The molecule has 2 N–H and O–H groups in total. The Kier molecular flexibility index (Phi) is 10.4. The first kappa shape index (κ1) is 25.7. The predicted octanol–water partition coefficient (Wildman–Crippen LogP) is 4.78. The van der Waals surface area contributed by atoms with E-state index in [-0.39, 0.29) is 30.6 Å². The number of aliphatic imine (C=N–C) groups is 1. The van der Waals surface area contributed by atoms with E-state index in [0.717, 1.165) is 37.5 Å². The largest absolute Gasteiger partial charge is 0.411 e. The van der Waals surface area contributed by atoms with E-state index in [1.54, 1.807) is 30.5 Å². The third-order valence-electron chi connectivity index (χ3n) is 4.89. The molecule has 0 amide bonds. The fourth-order valence-electron chi connectivity index (χ4n) is 3.31. The number of thiophene rings is 1. The minimum absolute atomic E-state index is 0. The van der Waals surface area contributed by atoms with Crippen LogP contribution in [0.3, 0.4) is 0 Å². The highest BCUT2D eigenvalue weighted by Crippen LogP contribution is 2.24. The Morgan fingerprint density at radius 2 is 1.84 bits per heavy atom. The number of hydrogen-bond donors (Lipinski definition) is 2. The summed E-state index contributed by atoms with van der Waals surface area (Å²) in [5.41, 5.74) is 1.73. The van der Waals surface area contributed by atoms with Crippen LogP contribution in [0.2, 0.25) is 0 Å². The number of rotatable bonds is 7. The summed E-state index contributed by atoms with van der Waals surface area (Å²) in [6, 6.07) is 11.9. The molecule has 1 saturated heterocycles. The van der Waals surface area contributed by atoms with E-state index in [0.29, 0.717) is 18.2 Å². The quantitative estimate of drug-likeness (QED) is 0.287. The minimum Gasteiger partial charge on any atom is -0.367 e. The number of halogens is 4. The maximum absolute atomic E-state index is 12.1. The third kappa shape index (κ3) is 8.85. The second-order valence-electron chi connectivity index (χ2n) is 7.21. The lowest BCUT2D eigenvalue weighted by Crippen LogP contribution is -2.48. The summed E-state index contributed by atoms with van der Waals surface area (Å²) in [4.78, 5) is 6.72. The average molecular weight is 568 g/mol. The van der Waals surface area contributed by atoms with Crippen molar-refractivity contribution < 1.29 is 17.9 Å². The maximum Gasteiger partial charge on any atom is 0.411 e. The summed E-state index contributed by atoms with van der Waals surface area (Å²) in [6.07, 6.45) is -2.20. The molecule has 1 aromatic heterocycles. The number of ether oxygens (including phenoxy) is 1. The second-order valence-corrected chi connectivity index (χ2v) is 8.13. The molecule has 0 spiro atoms. The topological polar surface area (TPSA) is 48.9 Å². The molecule has 0 radical (unpaired) electrons. The number of hydrogen-bond acceptors (Lipinski definition) is 4. The van der Waals surface area contributed by atoms with Crippen LogP contribution < -0.4 is 15.5 Å². The van der Waals surface area contributed by atoms with Crippen molar-refractivity contribution >= 4 is 46.3 Å². The van der Waals surface area contributed by atoms with Crippen molar-refractivity contribution in [2.45, 2.75) is 38.2 Å². The number of nitrogens with zero attached hydrogens (tertiary/aromatic N) is 2. The van der Waals surface area contributed by atoms with Gasteiger partial charge in [0.05, 0.1) is 11.6 Å². The molecular formula is C21H28F3IN4OS. The molecule has 2 aromatic rings. The van der Waals surface area contributed by atoms with Gasteiger partial charge in [0.15, 0.2) is 5.96 Å². The molecule has 1 aliphatic rings. The molecule has 1 aromatic carbocycles. The maximum atomic E-state index is 12.1. The molecule has 31 heavy (non-hydrogen) atoms. The average Bonchev–Trinajstić information content (AvgIpc) is 3.26. The first-order valence-corrected chi connectivity index (χ1v) is 10.8. The fraction of sp³-hybridized carbons (Fsp3) is 0.476. The summed E-state index contributed by atoms with van der Waals surface area (Å²) in [6.45, 7) is 1.34. The van der Waals surface area contributed by atoms with Crippen molar-refractivity contribution in [1.82, 2.24) is 10.6 Å². The lowest BCUT2D eigenvalue weighted by Gasteiger charge is -2.33. The first-order chi connectivity index (χ1) is 14.4. The number of anilines is 1. The zero-order valence-electron chi connectivity index (χ0n) is 17.3. The van der Waals surface area contributed by atoms with Gasteiger partial charge in [-0.3, -0.25) is 4.99 Å². The molecule has 172 valence electrons. The van der Waals surface area contributed by atoms with Crippen LogP contribution in [0.4, 0.5) is 18.2 Å². The van der Waals surface area contributed by atoms with Gasteiger partial charge < -0.3 is 20.3 Å². The molecule has 1 fully saturated rings. The number of alkyl halides is 3. The molecular weight excluding hydrogens is 540 g/mol. The lowest BCUT2D eigenvalue weighted by atomic mass is 10.1. The number of piperidine rings is 1. The van der Waals surface area contributed by atoms with E-state index in [2.05, 4.69) is 42.8 Å². The second kappa shape index (κ2) is 12.5. The van der Waals surface area contributed by atoms with Crippen molar-refractivity contribution in [2.75, 3.05) is 31.6 Å². The highest BCUT2D eigenvalue weighted by Gasteiger charge is 2.27. The smallest absolute Gasteiger partial charge is 0.367 e. The molecule has 1 aliphatic heterocycles. The molecule has 5 nitrogen and oxygen atoms in total. The molecule has 0 aliphatic carbocycles. The third-order valence-corrected chi connectivity index (χ3v) is 5.82. The summed E-state index contributed by atoms with van der Waals surface area (Å²) in [5.74, 6) is 0.752. The van der Waals surface area contributed by atoms with Crippen LogP contribution in [0, 0.1) is 0 Å².